The monoisotopic (exact) mass is 641 g/mol. The van der Waals surface area contributed by atoms with Crippen LogP contribution in [0.5, 0.6) is 0 Å². The number of nitrogen functional groups attached to an aromatic ring is 1. The topological polar surface area (TPSA) is 173 Å². The van der Waals surface area contributed by atoms with E-state index in [1.807, 2.05) is 6.92 Å². The Morgan fingerprint density at radius 3 is 2.67 bits per heavy atom. The summed E-state index contributed by atoms with van der Waals surface area (Å²) in [6, 6.07) is 3.76. The molecule has 1 aromatic carbocycles. The Morgan fingerprint density at radius 2 is 2.02 bits per heavy atom. The predicted molar refractivity (Wildman–Crippen MR) is 164 cm³/mol. The largest absolute Gasteiger partial charge is 0.454 e. The number of hydrogen-bond acceptors (Lipinski definition) is 8. The Hall–Kier alpha value is -4.27. The summed E-state index contributed by atoms with van der Waals surface area (Å²) in [5.41, 5.74) is 5.74. The number of carbonyl (C=O) groups is 1. The lowest BCUT2D eigenvalue weighted by atomic mass is 9.92. The zero-order valence-electron chi connectivity index (χ0n) is 24.3. The minimum atomic E-state index is -4.20. The van der Waals surface area contributed by atoms with E-state index >= 15 is 4.39 Å². The van der Waals surface area contributed by atoms with E-state index < -0.39 is 43.9 Å². The Morgan fingerprint density at radius 1 is 1.24 bits per heavy atom. The molecule has 1 saturated carbocycles. The number of anilines is 2. The van der Waals surface area contributed by atoms with E-state index in [4.69, 9.17) is 15.6 Å². The number of allylic oxidation sites excluding steroid dienone is 5. The molecule has 14 heteroatoms. The maximum Gasteiger partial charge on any atom is 0.270 e. The highest BCUT2D eigenvalue weighted by molar-refractivity contribution is 7.94. The van der Waals surface area contributed by atoms with Gasteiger partial charge in [-0.05, 0) is 69.0 Å². The van der Waals surface area contributed by atoms with Crippen molar-refractivity contribution in [1.29, 1.82) is 0 Å². The van der Waals surface area contributed by atoms with Gasteiger partial charge < -0.3 is 25.7 Å². The van der Waals surface area contributed by atoms with Crippen molar-refractivity contribution in [2.45, 2.75) is 61.3 Å². The number of rotatable bonds is 11. The number of hydrogen-bond donors (Lipinski definition) is 5. The van der Waals surface area contributed by atoms with Crippen molar-refractivity contribution in [2.75, 3.05) is 17.1 Å². The molecule has 0 amide bonds. The number of H-pyrrole nitrogens is 1. The van der Waals surface area contributed by atoms with Gasteiger partial charge in [0.05, 0.1) is 34.8 Å². The van der Waals surface area contributed by atoms with E-state index in [0.29, 0.717) is 17.6 Å². The molecular weight excluding hydrogens is 608 g/mol. The molecule has 3 aliphatic carbocycles. The molecule has 0 radical (unpaired) electrons. The van der Waals surface area contributed by atoms with Crippen LogP contribution in [-0.2, 0) is 20.3 Å². The number of nitrogens with zero attached hydrogens (tertiary/aromatic N) is 2. The van der Waals surface area contributed by atoms with Gasteiger partial charge in [0, 0.05) is 23.9 Å². The minimum Gasteiger partial charge on any atom is -0.454 e. The predicted octanol–water partition coefficient (Wildman–Crippen LogP) is 4.09. The lowest BCUT2D eigenvalue weighted by Crippen LogP contribution is -2.40. The molecule has 0 spiro atoms. The average molecular weight is 642 g/mol. The zero-order chi connectivity index (χ0) is 32.2. The molecule has 6 N–H and O–H groups in total. The molecule has 3 aromatic rings. The number of ketones is 1. The summed E-state index contributed by atoms with van der Waals surface area (Å²) in [7, 11) is -4.20. The summed E-state index contributed by atoms with van der Waals surface area (Å²) in [6.07, 6.45) is 12.2. The van der Waals surface area contributed by atoms with Crippen molar-refractivity contribution in [1.82, 2.24) is 14.8 Å². The van der Waals surface area contributed by atoms with Gasteiger partial charge in [0.2, 0.25) is 15.8 Å². The first kappa shape index (κ1) is 30.7. The van der Waals surface area contributed by atoms with Crippen LogP contribution in [0.3, 0.4) is 0 Å². The molecule has 45 heavy (non-hydrogen) atoms. The van der Waals surface area contributed by atoms with Crippen LogP contribution in [-0.4, -0.2) is 62.5 Å². The van der Waals surface area contributed by atoms with Crippen molar-refractivity contribution >= 4 is 38.2 Å². The van der Waals surface area contributed by atoms with Crippen molar-refractivity contribution in [3.63, 3.8) is 0 Å². The quantitative estimate of drug-likeness (QED) is 0.195. The van der Waals surface area contributed by atoms with Crippen LogP contribution in [0.4, 0.5) is 20.3 Å². The number of alkyl halides is 1. The molecule has 3 aliphatic rings. The molecule has 6 rings (SSSR count). The van der Waals surface area contributed by atoms with Gasteiger partial charge >= 0.3 is 0 Å². The first-order valence-electron chi connectivity index (χ1n) is 14.4. The molecule has 11 nitrogen and oxygen atoms in total. The number of aliphatic hydroxyl groups excluding tert-OH is 2. The normalized spacial score (nSPS) is 24.4. The number of fused-ring (bicyclic) bond motifs is 1. The molecule has 0 bridgehead atoms. The van der Waals surface area contributed by atoms with Crippen LogP contribution in [0.25, 0.3) is 10.9 Å². The molecule has 0 saturated heterocycles. The molecule has 2 aromatic heterocycles. The molecule has 3 atom stereocenters. The fourth-order valence-corrected chi connectivity index (χ4v) is 7.52. The Balaban J connectivity index is 1.20. The second-order valence-electron chi connectivity index (χ2n) is 11.9. The highest BCUT2D eigenvalue weighted by Crippen LogP contribution is 2.48. The number of halogens is 2. The van der Waals surface area contributed by atoms with E-state index in [0.717, 1.165) is 6.07 Å². The van der Waals surface area contributed by atoms with Gasteiger partial charge in [-0.15, -0.1) is 0 Å². The maximum absolute atomic E-state index is 15.0. The second kappa shape index (κ2) is 11.0. The molecule has 3 unspecified atom stereocenters. The minimum absolute atomic E-state index is 0.0791. The van der Waals surface area contributed by atoms with Crippen molar-refractivity contribution in [3.05, 3.63) is 89.8 Å². The molecular formula is C31H33F2N5O6S. The number of ether oxygens (including phenoxy) is 1. The number of sulfonamides is 1. The summed E-state index contributed by atoms with van der Waals surface area (Å²) >= 11 is 0. The summed E-state index contributed by atoms with van der Waals surface area (Å²) in [6.45, 7) is 1.47. The van der Waals surface area contributed by atoms with Crippen molar-refractivity contribution in [3.8, 4) is 0 Å². The smallest absolute Gasteiger partial charge is 0.270 e. The van der Waals surface area contributed by atoms with Gasteiger partial charge in [-0.1, -0.05) is 24.3 Å². The average Bonchev–Trinajstić information content (AvgIpc) is 3.60. The standard InChI is InChI=1S/C31H33F2N5O6S/c1-29(10-5-20(6-11-29)44-31(33)8-3-2-4-9-31)38-28(34)21(18-35-38)27(41)25-16-19-15-22(32)24(17-23(19)36-25)37-45(42,43)30(12-13-30)26(40)7-14-39/h2-6,8,10,15-18,26,36-37,39-40H,7,9,11-14,34H2,1H3. The number of aromatic nitrogens is 3. The number of carbonyl (C=O) groups excluding carboxylic acids is 1. The first-order chi connectivity index (χ1) is 21.3. The fourth-order valence-electron chi connectivity index (χ4n) is 5.76. The van der Waals surface area contributed by atoms with Crippen LogP contribution in [0.2, 0.25) is 0 Å². The summed E-state index contributed by atoms with van der Waals surface area (Å²) in [4.78, 5) is 16.4. The molecule has 1 fully saturated rings. The number of nitrogens with one attached hydrogen (secondary N) is 2. The number of aromatic amines is 1. The van der Waals surface area contributed by atoms with E-state index in [2.05, 4.69) is 14.8 Å². The summed E-state index contributed by atoms with van der Waals surface area (Å²) in [5, 5.41) is 24.1. The van der Waals surface area contributed by atoms with Crippen LogP contribution in [0.1, 0.15) is 55.1 Å². The van der Waals surface area contributed by atoms with Gasteiger partial charge in [0.15, 0.2) is 0 Å². The van der Waals surface area contributed by atoms with Gasteiger partial charge in [-0.2, -0.15) is 9.49 Å². The summed E-state index contributed by atoms with van der Waals surface area (Å²) in [5.74, 6) is -2.87. The fraction of sp³-hybridized carbons (Fsp3) is 0.355. The van der Waals surface area contributed by atoms with E-state index in [9.17, 15) is 22.7 Å². The third-order valence-corrected chi connectivity index (χ3v) is 10.9. The molecule has 0 aliphatic heterocycles. The third-order valence-electron chi connectivity index (χ3n) is 8.62. The van der Waals surface area contributed by atoms with Crippen molar-refractivity contribution < 1.29 is 36.9 Å². The lowest BCUT2D eigenvalue weighted by Gasteiger charge is -2.31. The Bertz CT molecular complexity index is 1910. The number of aliphatic hydroxyl groups is 2. The van der Waals surface area contributed by atoms with Crippen molar-refractivity contribution in [2.24, 2.45) is 0 Å². The maximum atomic E-state index is 15.0. The zero-order valence-corrected chi connectivity index (χ0v) is 25.2. The Kier molecular flexibility index (Phi) is 7.49. The summed E-state index contributed by atoms with van der Waals surface area (Å²) < 4.78 is 63.9. The highest BCUT2D eigenvalue weighted by Gasteiger charge is 2.59. The van der Waals surface area contributed by atoms with Crippen LogP contribution < -0.4 is 10.5 Å². The number of nitrogens with two attached hydrogens (primary N) is 1. The van der Waals surface area contributed by atoms with Crippen LogP contribution >= 0.6 is 0 Å². The third kappa shape index (κ3) is 5.47. The van der Waals surface area contributed by atoms with Gasteiger partial charge in [-0.25, -0.2) is 17.5 Å². The van der Waals surface area contributed by atoms with Gasteiger partial charge in [0.25, 0.3) is 5.85 Å². The van der Waals surface area contributed by atoms with E-state index in [1.165, 1.54) is 29.1 Å². The van der Waals surface area contributed by atoms with Gasteiger partial charge in [-0.3, -0.25) is 9.52 Å². The van der Waals surface area contributed by atoms with Gasteiger partial charge in [0.1, 0.15) is 22.1 Å². The highest BCUT2D eigenvalue weighted by atomic mass is 32.2. The van der Waals surface area contributed by atoms with Crippen LogP contribution in [0, 0.1) is 5.82 Å². The first-order valence-corrected chi connectivity index (χ1v) is 15.9. The van der Waals surface area contributed by atoms with Crippen LogP contribution in [0.15, 0.2) is 72.7 Å². The molecule has 2 heterocycles. The lowest BCUT2D eigenvalue weighted by molar-refractivity contribution is -0.0631. The Labute approximate surface area is 257 Å². The molecule has 238 valence electrons. The van der Waals surface area contributed by atoms with E-state index in [1.54, 1.807) is 36.5 Å². The SMILES string of the molecule is CC1(n2ncc(C(=O)c3cc4cc(F)c(NS(=O)(=O)C5(C(O)CCO)CC5)cc4[nH]3)c2N)C=CC(OC2(F)C=CC=CC2)=CC1. The number of benzene rings is 1. The second-order valence-corrected chi connectivity index (χ2v) is 13.9. The van der Waals surface area contributed by atoms with E-state index in [-0.39, 0.29) is 60.6 Å².